The SMILES string of the molecule is CCCCCC.[Al+3].[Al+3].[Al+3].[Al+3].[CH2-]C.[CH2-]C.[CH2-]C.[CH2-]C.[CH2-]C.[CH2-]C.[CH2-]C.[CH2-]C.[Cl-].[Cl-].[Cl-].[Cl-].[Cl-].[Cl-].[Cl-].[Cl-].[Cl-].[Cl-].[Cr+3].[Cr+3].c1ccc(P(Nc2cccc(NP(c3ccccc3)c3ccccc3)n2)c2ccccc2)cc1.c1ccc(P(Nc2cccc(NP(c3ccccc3)c3ccccc3)n2)c2ccccc2)cc1. The van der Waals surface area contributed by atoms with Crippen molar-refractivity contribution in [1.82, 2.24) is 9.97 Å². The summed E-state index contributed by atoms with van der Waals surface area (Å²) in [5.74, 6) is 3.44. The van der Waals surface area contributed by atoms with Crippen LogP contribution in [-0.2, 0) is 34.7 Å². The minimum absolute atomic E-state index is 0. The summed E-state index contributed by atoms with van der Waals surface area (Å²) in [5.41, 5.74) is 0. The zero-order chi connectivity index (χ0) is 66.8. The van der Waals surface area contributed by atoms with Crippen molar-refractivity contribution in [2.45, 2.75) is 94.9 Å². The molecule has 2 aromatic heterocycles. The number of nitrogens with one attached hydrogen (secondary N) is 4. The van der Waals surface area contributed by atoms with E-state index in [1.54, 1.807) is 55.4 Å². The van der Waals surface area contributed by atoms with E-state index in [9.17, 15) is 0 Å². The summed E-state index contributed by atoms with van der Waals surface area (Å²) in [6.45, 7) is 44.5. The zero-order valence-electron chi connectivity index (χ0n) is 62.6. The molecule has 0 fully saturated rings. The first-order valence-corrected chi connectivity index (χ1v) is 36.3. The maximum Gasteiger partial charge on any atom is 3.00 e. The van der Waals surface area contributed by atoms with E-state index in [0.29, 0.717) is 0 Å². The second-order valence-electron chi connectivity index (χ2n) is 17.0. The summed E-state index contributed by atoms with van der Waals surface area (Å²) in [6.07, 6.45) is 5.54. The van der Waals surface area contributed by atoms with Crippen LogP contribution in [0.15, 0.2) is 279 Å². The Kier molecular flexibility index (Phi) is 144. The molecule has 0 atom stereocenters. The Labute approximate surface area is 777 Å². The first kappa shape index (κ1) is 147. The largest absolute Gasteiger partial charge is 3.00 e. The van der Waals surface area contributed by atoms with Gasteiger partial charge in [0.25, 0.3) is 0 Å². The molecule has 10 aromatic rings. The molecule has 0 spiro atoms. The Morgan fingerprint density at radius 2 is 0.321 bits per heavy atom. The van der Waals surface area contributed by atoms with Crippen LogP contribution in [0.3, 0.4) is 0 Å². The number of hydrogen-bond donors (Lipinski definition) is 4. The third kappa shape index (κ3) is 59.7. The first-order valence-electron chi connectivity index (χ1n) is 30.9. The fourth-order valence-corrected chi connectivity index (χ4v) is 15.2. The van der Waals surface area contributed by atoms with Crippen LogP contribution >= 0.6 is 32.3 Å². The Balaban J connectivity index is -0.0000000702. The van der Waals surface area contributed by atoms with Gasteiger partial charge in [0.2, 0.25) is 0 Å². The first-order chi connectivity index (χ1) is 44.6. The Bertz CT molecular complexity index is 2610. The maximum atomic E-state index is 4.96. The topological polar surface area (TPSA) is 73.9 Å². The van der Waals surface area contributed by atoms with Crippen LogP contribution < -0.4 is 187 Å². The number of pyridine rings is 2. The Hall–Kier alpha value is -0.925. The number of anilines is 4. The normalized spacial score (nSPS) is 7.94. The van der Waals surface area contributed by atoms with E-state index in [0.717, 1.165) is 23.3 Å². The molecule has 0 saturated heterocycles. The number of unbranched alkanes of at least 4 members (excludes halogenated alkanes) is 3. The van der Waals surface area contributed by atoms with Crippen molar-refractivity contribution in [3.63, 3.8) is 0 Å². The van der Waals surface area contributed by atoms with Gasteiger partial charge in [-0.3, -0.25) is 0 Å². The van der Waals surface area contributed by atoms with Crippen molar-refractivity contribution in [3.05, 3.63) is 334 Å². The molecule has 0 aliphatic carbocycles. The predicted octanol–water partition coefficient (Wildman–Crippen LogP) is -10.2. The van der Waals surface area contributed by atoms with Crippen molar-refractivity contribution >= 4 is 167 Å². The van der Waals surface area contributed by atoms with Crippen LogP contribution in [-0.4, -0.2) is 79.4 Å². The monoisotopic (exact) mass is 1830 g/mol. The molecule has 0 aliphatic rings. The van der Waals surface area contributed by atoms with Crippen LogP contribution in [0.1, 0.15) is 94.9 Å². The maximum absolute atomic E-state index is 4.96. The van der Waals surface area contributed by atoms with Crippen molar-refractivity contribution in [2.24, 2.45) is 0 Å². The molecule has 6 nitrogen and oxygen atoms in total. The second kappa shape index (κ2) is 104. The van der Waals surface area contributed by atoms with Gasteiger partial charge < -0.3 is 200 Å². The molecular weight excluding hydrogens is 1740 g/mol. The number of hydrogen-bond acceptors (Lipinski definition) is 6. The standard InChI is InChI=1S/2C29H25N3P2.C6H14.8C2H5.4Al.10ClH.2Cr/c2*1-5-14-24(15-6-1)33(25-16-7-2-8-17-25)31-28-22-13-23-29(30-28)32-34(26-18-9-3-10-19-26)27-20-11-4-12-21-27;1-3-5-6-4-2;8*1-2;;;;;;;;;;;;;;;;/h2*1-23H,(H2,30,31,32);3-6H2,1-2H3;8*1H2,2H3;;;;;10*1H;;/q;;;8*-1;4*+3;;;;;;;;;;;2*+3/p-10. The third-order valence-electron chi connectivity index (χ3n) is 11.5. The van der Waals surface area contributed by atoms with Gasteiger partial charge in [-0.15, -0.1) is 0 Å². The summed E-state index contributed by atoms with van der Waals surface area (Å²) >= 11 is 0. The molecule has 4 N–H and O–H groups in total. The van der Waals surface area contributed by atoms with E-state index in [-0.39, 0.29) is 228 Å². The van der Waals surface area contributed by atoms with Gasteiger partial charge >= 0.3 is 104 Å². The van der Waals surface area contributed by atoms with Crippen LogP contribution in [0, 0.1) is 55.4 Å². The fraction of sp³-hybridized carbons (Fsp3) is 0.175. The number of benzene rings is 8. The molecule has 8 aromatic carbocycles. The van der Waals surface area contributed by atoms with Crippen molar-refractivity contribution in [3.8, 4) is 0 Å². The number of aromatic nitrogens is 2. The Morgan fingerprint density at radius 1 is 0.208 bits per heavy atom. The number of rotatable bonds is 19. The molecule has 568 valence electrons. The second-order valence-corrected chi connectivity index (χ2v) is 24.7. The van der Waals surface area contributed by atoms with E-state index < -0.39 is 32.3 Å². The van der Waals surface area contributed by atoms with Gasteiger partial charge in [0.05, 0.1) is 32.3 Å². The predicted molar refractivity (Wildman–Crippen MR) is 440 cm³/mol. The smallest absolute Gasteiger partial charge is 1.00 e. The van der Waals surface area contributed by atoms with E-state index in [2.05, 4.69) is 344 Å². The van der Waals surface area contributed by atoms with E-state index >= 15 is 0 Å². The average molecular weight is 1840 g/mol. The molecule has 10 rings (SSSR count). The minimum atomic E-state index is -0.783. The van der Waals surface area contributed by atoms with E-state index in [4.69, 9.17) is 9.97 Å². The quantitative estimate of drug-likeness (QED) is 0.0280. The summed E-state index contributed by atoms with van der Waals surface area (Å²) < 4.78 is 0. The fourth-order valence-electron chi connectivity index (χ4n) is 7.81. The van der Waals surface area contributed by atoms with Gasteiger partial charge in [-0.1, -0.05) is 294 Å². The zero-order valence-corrected chi connectivity index (χ0v) is 80.9. The minimum Gasteiger partial charge on any atom is -1.00 e. The third-order valence-corrected chi connectivity index (χ3v) is 19.8. The van der Waals surface area contributed by atoms with Gasteiger partial charge in [0, 0.05) is 42.4 Å². The van der Waals surface area contributed by atoms with E-state index in [1.807, 2.05) is 24.3 Å². The molecular formula is C80H104Al4Cl10Cr2N6P4. The number of nitrogens with zero attached hydrogens (tertiary/aromatic N) is 2. The summed E-state index contributed by atoms with van der Waals surface area (Å²) in [7, 11) is -3.13. The molecule has 0 saturated carbocycles. The molecule has 0 amide bonds. The molecule has 2 radical (unpaired) electrons. The van der Waals surface area contributed by atoms with Crippen LogP contribution in [0.25, 0.3) is 0 Å². The molecule has 26 heteroatoms. The van der Waals surface area contributed by atoms with Crippen molar-refractivity contribution in [1.29, 1.82) is 0 Å². The van der Waals surface area contributed by atoms with E-state index in [1.165, 1.54) is 68.1 Å². The van der Waals surface area contributed by atoms with Gasteiger partial charge in [-0.2, -0.15) is 55.4 Å². The average Bonchev–Trinajstić information content (AvgIpc) is 0.835. The molecule has 106 heavy (non-hydrogen) atoms. The molecule has 0 bridgehead atoms. The molecule has 0 aliphatic heterocycles. The molecule has 0 unspecified atom stereocenters. The van der Waals surface area contributed by atoms with Crippen molar-refractivity contribution in [2.75, 3.05) is 20.3 Å². The van der Waals surface area contributed by atoms with Gasteiger partial charge in [0.1, 0.15) is 23.3 Å². The summed E-state index contributed by atoms with van der Waals surface area (Å²) in [5, 5.41) is 25.0. The van der Waals surface area contributed by atoms with Gasteiger partial charge in [-0.05, 0) is 24.3 Å². The van der Waals surface area contributed by atoms with Crippen LogP contribution in [0.5, 0.6) is 0 Å². The van der Waals surface area contributed by atoms with Crippen LogP contribution in [0.4, 0.5) is 23.3 Å². The van der Waals surface area contributed by atoms with Crippen LogP contribution in [0.2, 0.25) is 0 Å². The summed E-state index contributed by atoms with van der Waals surface area (Å²) in [6, 6.07) is 97.0. The Morgan fingerprint density at radius 3 is 0.425 bits per heavy atom. The number of halogens is 10. The van der Waals surface area contributed by atoms with Crippen molar-refractivity contribution < 1.29 is 159 Å². The summed E-state index contributed by atoms with van der Waals surface area (Å²) in [4.78, 5) is 9.93. The van der Waals surface area contributed by atoms with Gasteiger partial charge in [0.15, 0.2) is 0 Å². The van der Waals surface area contributed by atoms with Gasteiger partial charge in [-0.25, -0.2) is 9.97 Å². The molecule has 2 heterocycles.